The summed E-state index contributed by atoms with van der Waals surface area (Å²) in [5.41, 5.74) is 5.49. The van der Waals surface area contributed by atoms with E-state index in [0.29, 0.717) is 5.82 Å². The lowest BCUT2D eigenvalue weighted by atomic mass is 10.4. The van der Waals surface area contributed by atoms with Gasteiger partial charge in [-0.15, -0.1) is 21.5 Å². The summed E-state index contributed by atoms with van der Waals surface area (Å²) in [6.07, 6.45) is 0. The smallest absolute Gasteiger partial charge is 0.151 e. The quantitative estimate of drug-likeness (QED) is 0.946. The molecule has 84 valence electrons. The van der Waals surface area contributed by atoms with Crippen molar-refractivity contribution in [1.29, 1.82) is 0 Å². The van der Waals surface area contributed by atoms with Crippen LogP contribution in [0.2, 0.25) is 0 Å². The average molecular weight is 299 g/mol. The Morgan fingerprint density at radius 2 is 2.25 bits per heavy atom. The highest BCUT2D eigenvalue weighted by Crippen LogP contribution is 2.22. The van der Waals surface area contributed by atoms with Crippen molar-refractivity contribution in [3.8, 4) is 0 Å². The van der Waals surface area contributed by atoms with E-state index >= 15 is 0 Å². The molecule has 16 heavy (non-hydrogen) atoms. The first kappa shape index (κ1) is 11.3. The van der Waals surface area contributed by atoms with Crippen LogP contribution in [0.5, 0.6) is 0 Å². The Kier molecular flexibility index (Phi) is 3.40. The van der Waals surface area contributed by atoms with Gasteiger partial charge in [-0.05, 0) is 34.1 Å². The standard InChI is InChI=1S/C10H11BrN4S/c1-15(5-8-4-7(11)6-16-8)10-3-2-9(12)13-14-10/h2-4,6H,5H2,1H3,(H2,12,13). The minimum Gasteiger partial charge on any atom is -0.382 e. The van der Waals surface area contributed by atoms with E-state index in [2.05, 4.69) is 37.6 Å². The minimum absolute atomic E-state index is 0.441. The fourth-order valence-electron chi connectivity index (χ4n) is 1.29. The lowest BCUT2D eigenvalue weighted by Crippen LogP contribution is -2.17. The molecule has 0 aliphatic carbocycles. The molecule has 0 aromatic carbocycles. The lowest BCUT2D eigenvalue weighted by molar-refractivity contribution is 0.879. The van der Waals surface area contributed by atoms with Crippen molar-refractivity contribution in [1.82, 2.24) is 10.2 Å². The molecule has 0 saturated heterocycles. The second-order valence-corrected chi connectivity index (χ2v) is 5.32. The molecule has 0 radical (unpaired) electrons. The van der Waals surface area contributed by atoms with Gasteiger partial charge in [0.15, 0.2) is 5.82 Å². The summed E-state index contributed by atoms with van der Waals surface area (Å²) >= 11 is 5.15. The highest BCUT2D eigenvalue weighted by molar-refractivity contribution is 9.10. The summed E-state index contributed by atoms with van der Waals surface area (Å²) in [4.78, 5) is 3.30. The zero-order valence-corrected chi connectivity index (χ0v) is 11.1. The summed E-state index contributed by atoms with van der Waals surface area (Å²) in [5.74, 6) is 1.26. The van der Waals surface area contributed by atoms with E-state index in [1.165, 1.54) is 4.88 Å². The predicted octanol–water partition coefficient (Wildman–Crippen LogP) is 2.52. The van der Waals surface area contributed by atoms with Crippen LogP contribution < -0.4 is 10.6 Å². The molecule has 2 aromatic rings. The molecule has 2 rings (SSSR count). The van der Waals surface area contributed by atoms with Crippen LogP contribution in [0.15, 0.2) is 28.1 Å². The predicted molar refractivity (Wildman–Crippen MR) is 70.6 cm³/mol. The van der Waals surface area contributed by atoms with Gasteiger partial charge in [0.1, 0.15) is 5.82 Å². The van der Waals surface area contributed by atoms with Gasteiger partial charge in [0.2, 0.25) is 0 Å². The van der Waals surface area contributed by atoms with Crippen LogP contribution in [-0.4, -0.2) is 17.2 Å². The van der Waals surface area contributed by atoms with Gasteiger partial charge in [0.25, 0.3) is 0 Å². The van der Waals surface area contributed by atoms with Crippen molar-refractivity contribution < 1.29 is 0 Å². The SMILES string of the molecule is CN(Cc1cc(Br)cs1)c1ccc(N)nn1. The second kappa shape index (κ2) is 4.80. The van der Waals surface area contributed by atoms with Crippen LogP contribution in [0.25, 0.3) is 0 Å². The Labute approximate surface area is 106 Å². The minimum atomic E-state index is 0.441. The molecule has 0 aliphatic rings. The Morgan fingerprint density at radius 3 is 2.81 bits per heavy atom. The van der Waals surface area contributed by atoms with E-state index in [1.54, 1.807) is 17.4 Å². The van der Waals surface area contributed by atoms with Crippen LogP contribution in [0.1, 0.15) is 4.88 Å². The number of hydrogen-bond acceptors (Lipinski definition) is 5. The van der Waals surface area contributed by atoms with Crippen molar-refractivity contribution in [2.24, 2.45) is 0 Å². The molecule has 0 amide bonds. The molecule has 0 unspecified atom stereocenters. The van der Waals surface area contributed by atoms with Gasteiger partial charge in [-0.25, -0.2) is 0 Å². The third-order valence-electron chi connectivity index (χ3n) is 2.08. The molecule has 0 aliphatic heterocycles. The fraction of sp³-hybridized carbons (Fsp3) is 0.200. The summed E-state index contributed by atoms with van der Waals surface area (Å²) in [7, 11) is 1.98. The largest absolute Gasteiger partial charge is 0.382 e. The highest BCUT2D eigenvalue weighted by atomic mass is 79.9. The number of anilines is 2. The molecule has 0 saturated carbocycles. The van der Waals surface area contributed by atoms with E-state index in [0.717, 1.165) is 16.8 Å². The van der Waals surface area contributed by atoms with Crippen LogP contribution >= 0.6 is 27.3 Å². The first-order valence-corrected chi connectivity index (χ1v) is 6.35. The molecule has 0 spiro atoms. The molecule has 2 aromatic heterocycles. The summed E-state index contributed by atoms with van der Waals surface area (Å²) in [5, 5.41) is 9.92. The fourth-order valence-corrected chi connectivity index (χ4v) is 2.79. The van der Waals surface area contributed by atoms with E-state index in [-0.39, 0.29) is 0 Å². The Balaban J connectivity index is 2.08. The molecule has 6 heteroatoms. The maximum Gasteiger partial charge on any atom is 0.151 e. The average Bonchev–Trinajstić information content (AvgIpc) is 2.65. The molecule has 0 atom stereocenters. The van der Waals surface area contributed by atoms with Gasteiger partial charge in [0.05, 0.1) is 6.54 Å². The van der Waals surface area contributed by atoms with Gasteiger partial charge in [-0.3, -0.25) is 0 Å². The number of nitrogen functional groups attached to an aromatic ring is 1. The number of halogens is 1. The van der Waals surface area contributed by atoms with Gasteiger partial charge < -0.3 is 10.6 Å². The molecular formula is C10H11BrN4S. The Bertz CT molecular complexity index is 468. The van der Waals surface area contributed by atoms with Crippen LogP contribution in [0, 0.1) is 0 Å². The molecule has 0 bridgehead atoms. The molecule has 2 heterocycles. The highest BCUT2D eigenvalue weighted by Gasteiger charge is 2.05. The maximum atomic E-state index is 5.49. The van der Waals surface area contributed by atoms with Crippen LogP contribution in [0.3, 0.4) is 0 Å². The first-order valence-electron chi connectivity index (χ1n) is 4.68. The first-order chi connectivity index (χ1) is 7.65. The number of aromatic nitrogens is 2. The van der Waals surface area contributed by atoms with Crippen molar-refractivity contribution in [2.75, 3.05) is 17.7 Å². The van der Waals surface area contributed by atoms with Crippen molar-refractivity contribution in [3.05, 3.63) is 32.9 Å². The zero-order chi connectivity index (χ0) is 11.5. The lowest BCUT2D eigenvalue weighted by Gasteiger charge is -2.16. The van der Waals surface area contributed by atoms with Crippen molar-refractivity contribution in [3.63, 3.8) is 0 Å². The van der Waals surface area contributed by atoms with Crippen LogP contribution in [0.4, 0.5) is 11.6 Å². The molecule has 0 fully saturated rings. The van der Waals surface area contributed by atoms with Crippen molar-refractivity contribution in [2.45, 2.75) is 6.54 Å². The van der Waals surface area contributed by atoms with Gasteiger partial charge >= 0.3 is 0 Å². The second-order valence-electron chi connectivity index (χ2n) is 3.40. The number of hydrogen-bond donors (Lipinski definition) is 1. The van der Waals surface area contributed by atoms with Crippen LogP contribution in [-0.2, 0) is 6.54 Å². The Morgan fingerprint density at radius 1 is 1.44 bits per heavy atom. The third kappa shape index (κ3) is 2.70. The maximum absolute atomic E-state index is 5.49. The topological polar surface area (TPSA) is 55.0 Å². The van der Waals surface area contributed by atoms with Gasteiger partial charge in [-0.2, -0.15) is 0 Å². The number of rotatable bonds is 3. The summed E-state index contributed by atoms with van der Waals surface area (Å²) < 4.78 is 1.12. The molecule has 2 N–H and O–H groups in total. The van der Waals surface area contributed by atoms with Gasteiger partial charge in [-0.1, -0.05) is 0 Å². The van der Waals surface area contributed by atoms with Gasteiger partial charge in [0, 0.05) is 21.8 Å². The zero-order valence-electron chi connectivity index (χ0n) is 8.72. The third-order valence-corrected chi connectivity index (χ3v) is 3.76. The van der Waals surface area contributed by atoms with E-state index < -0.39 is 0 Å². The summed E-state index contributed by atoms with van der Waals surface area (Å²) in [6.45, 7) is 0.814. The number of nitrogens with zero attached hydrogens (tertiary/aromatic N) is 3. The normalized spacial score (nSPS) is 10.4. The number of nitrogens with two attached hydrogens (primary N) is 1. The Hall–Kier alpha value is -1.14. The monoisotopic (exact) mass is 298 g/mol. The summed E-state index contributed by atoms with van der Waals surface area (Å²) in [6, 6.07) is 5.72. The van der Waals surface area contributed by atoms with E-state index in [1.807, 2.05) is 18.0 Å². The number of thiophene rings is 1. The molecular weight excluding hydrogens is 288 g/mol. The van der Waals surface area contributed by atoms with E-state index in [4.69, 9.17) is 5.73 Å². The van der Waals surface area contributed by atoms with Crippen molar-refractivity contribution >= 4 is 38.9 Å². The van der Waals surface area contributed by atoms with E-state index in [9.17, 15) is 0 Å². The molecule has 4 nitrogen and oxygen atoms in total.